The third-order valence-corrected chi connectivity index (χ3v) is 9.13. The van der Waals surface area contributed by atoms with E-state index in [1.807, 2.05) is 12.1 Å². The third-order valence-electron chi connectivity index (χ3n) is 9.13. The maximum atomic E-state index is 13.7. The van der Waals surface area contributed by atoms with E-state index in [-0.39, 0.29) is 35.2 Å². The molecule has 0 heterocycles. The molecule has 3 aromatic carbocycles. The maximum absolute atomic E-state index is 13.7. The van der Waals surface area contributed by atoms with Crippen molar-refractivity contribution >= 4 is 11.9 Å². The molecule has 0 atom stereocenters. The van der Waals surface area contributed by atoms with Gasteiger partial charge in [0, 0.05) is 10.8 Å². The number of esters is 2. The molecule has 0 saturated carbocycles. The molecule has 0 bridgehead atoms. The van der Waals surface area contributed by atoms with Gasteiger partial charge in [0.2, 0.25) is 0 Å². The molecule has 0 unspecified atom stereocenters. The van der Waals surface area contributed by atoms with Gasteiger partial charge < -0.3 is 9.47 Å². The summed E-state index contributed by atoms with van der Waals surface area (Å²) in [5.74, 6) is -0.950. The average molecular weight is 599 g/mol. The van der Waals surface area contributed by atoms with Crippen LogP contribution < -0.4 is 0 Å². The summed E-state index contributed by atoms with van der Waals surface area (Å²) in [6.45, 7) is 9.34. The van der Waals surface area contributed by atoms with Crippen molar-refractivity contribution < 1.29 is 19.1 Å². The van der Waals surface area contributed by atoms with Crippen LogP contribution in [-0.2, 0) is 20.3 Å². The third kappa shape index (κ3) is 9.55. The minimum absolute atomic E-state index is 0.258. The Bertz CT molecular complexity index is 1140. The average Bonchev–Trinajstić information content (AvgIpc) is 3.08. The molecule has 0 fully saturated rings. The van der Waals surface area contributed by atoms with E-state index in [0.29, 0.717) is 0 Å². The summed E-state index contributed by atoms with van der Waals surface area (Å²) < 4.78 is 12.2. The number of carbonyl (C=O) groups is 2. The zero-order valence-corrected chi connectivity index (χ0v) is 27.6. The molecule has 238 valence electrons. The molecule has 0 aliphatic carbocycles. The Hall–Kier alpha value is -3.40. The highest BCUT2D eigenvalue weighted by atomic mass is 16.5. The van der Waals surface area contributed by atoms with E-state index < -0.39 is 11.9 Å². The number of benzene rings is 3. The molecule has 0 N–H and O–H groups in total. The maximum Gasteiger partial charge on any atom is 0.339 e. The van der Waals surface area contributed by atoms with Crippen LogP contribution >= 0.6 is 0 Å². The van der Waals surface area contributed by atoms with Gasteiger partial charge in [-0.05, 0) is 48.9 Å². The Balaban J connectivity index is 1.84. The van der Waals surface area contributed by atoms with Gasteiger partial charge in [0.15, 0.2) is 0 Å². The standard InChI is InChI=1S/C40H54O4/c1-5-9-27-39(28-10-6-2,33-21-15-13-16-22-33)31-43-37(41)35-25-19-20-26-36(35)38(42)44-32-40(29-11-7-3,30-12-8-4)34-23-17-14-18-24-34/h13-26H,5-12,27-32H2,1-4H3. The second-order valence-corrected chi connectivity index (χ2v) is 12.4. The van der Waals surface area contributed by atoms with E-state index in [1.54, 1.807) is 24.3 Å². The molecule has 0 radical (unpaired) electrons. The van der Waals surface area contributed by atoms with Crippen molar-refractivity contribution in [1.29, 1.82) is 0 Å². The fourth-order valence-electron chi connectivity index (χ4n) is 6.33. The molecular formula is C40H54O4. The molecule has 0 aliphatic rings. The molecule has 0 amide bonds. The van der Waals surface area contributed by atoms with Gasteiger partial charge in [-0.3, -0.25) is 0 Å². The van der Waals surface area contributed by atoms with Crippen molar-refractivity contribution in [1.82, 2.24) is 0 Å². The molecule has 0 aromatic heterocycles. The zero-order chi connectivity index (χ0) is 31.7. The summed E-state index contributed by atoms with van der Waals surface area (Å²) >= 11 is 0. The molecule has 4 nitrogen and oxygen atoms in total. The van der Waals surface area contributed by atoms with Crippen LogP contribution in [0.25, 0.3) is 0 Å². The minimum atomic E-state index is -0.475. The molecule has 0 aliphatic heterocycles. The lowest BCUT2D eigenvalue weighted by atomic mass is 9.73. The number of carbonyl (C=O) groups excluding carboxylic acids is 2. The number of hydrogen-bond donors (Lipinski definition) is 0. The Morgan fingerprint density at radius 2 is 0.773 bits per heavy atom. The van der Waals surface area contributed by atoms with E-state index in [0.717, 1.165) is 77.0 Å². The van der Waals surface area contributed by atoms with E-state index in [9.17, 15) is 9.59 Å². The lowest BCUT2D eigenvalue weighted by Crippen LogP contribution is -2.34. The fourth-order valence-corrected chi connectivity index (χ4v) is 6.33. The SMILES string of the molecule is CCCCC(CCCC)(COC(=O)c1ccccc1C(=O)OCC(CCCC)(CCCC)c1ccccc1)c1ccccc1. The van der Waals surface area contributed by atoms with Crippen LogP contribution in [0.5, 0.6) is 0 Å². The predicted molar refractivity (Wildman–Crippen MR) is 181 cm³/mol. The van der Waals surface area contributed by atoms with Crippen LogP contribution in [0, 0.1) is 0 Å². The number of hydrogen-bond acceptors (Lipinski definition) is 4. The monoisotopic (exact) mass is 598 g/mol. The first kappa shape index (κ1) is 35.1. The van der Waals surface area contributed by atoms with Crippen LogP contribution in [0.15, 0.2) is 84.9 Å². The van der Waals surface area contributed by atoms with Gasteiger partial charge in [-0.25, -0.2) is 9.59 Å². The van der Waals surface area contributed by atoms with E-state index >= 15 is 0 Å². The van der Waals surface area contributed by atoms with Gasteiger partial charge in [0.25, 0.3) is 0 Å². The van der Waals surface area contributed by atoms with Gasteiger partial charge in [0.05, 0.1) is 11.1 Å². The Morgan fingerprint density at radius 3 is 1.07 bits per heavy atom. The first-order chi connectivity index (χ1) is 21.4. The lowest BCUT2D eigenvalue weighted by molar-refractivity contribution is 0.0327. The van der Waals surface area contributed by atoms with Gasteiger partial charge in [-0.1, -0.05) is 152 Å². The molecule has 0 spiro atoms. The van der Waals surface area contributed by atoms with Gasteiger partial charge >= 0.3 is 11.9 Å². The van der Waals surface area contributed by atoms with E-state index in [4.69, 9.17) is 9.47 Å². The van der Waals surface area contributed by atoms with Crippen molar-refractivity contribution in [2.45, 2.75) is 116 Å². The number of ether oxygens (including phenoxy) is 2. The zero-order valence-electron chi connectivity index (χ0n) is 27.6. The summed E-state index contributed by atoms with van der Waals surface area (Å²) in [7, 11) is 0. The van der Waals surface area contributed by atoms with Crippen molar-refractivity contribution in [3.05, 3.63) is 107 Å². The quantitative estimate of drug-likeness (QED) is 0.121. The highest BCUT2D eigenvalue weighted by molar-refractivity contribution is 6.03. The molecular weight excluding hydrogens is 544 g/mol. The van der Waals surface area contributed by atoms with Crippen molar-refractivity contribution in [2.24, 2.45) is 0 Å². The second kappa shape index (κ2) is 18.4. The van der Waals surface area contributed by atoms with Gasteiger partial charge in [-0.2, -0.15) is 0 Å². The highest BCUT2D eigenvalue weighted by Gasteiger charge is 2.35. The summed E-state index contributed by atoms with van der Waals surface area (Å²) in [5, 5.41) is 0. The molecule has 44 heavy (non-hydrogen) atoms. The van der Waals surface area contributed by atoms with E-state index in [1.165, 1.54) is 11.1 Å². The van der Waals surface area contributed by atoms with Crippen LogP contribution in [0.2, 0.25) is 0 Å². The van der Waals surface area contributed by atoms with Gasteiger partial charge in [-0.15, -0.1) is 0 Å². The van der Waals surface area contributed by atoms with Crippen LogP contribution in [-0.4, -0.2) is 25.2 Å². The molecule has 3 rings (SSSR count). The minimum Gasteiger partial charge on any atom is -0.461 e. The summed E-state index contributed by atoms with van der Waals surface area (Å²) in [6, 6.07) is 27.8. The first-order valence-electron chi connectivity index (χ1n) is 17.0. The predicted octanol–water partition coefficient (Wildman–Crippen LogP) is 10.6. The number of unbranched alkanes of at least 4 members (excludes halogenated alkanes) is 4. The highest BCUT2D eigenvalue weighted by Crippen LogP contribution is 2.38. The van der Waals surface area contributed by atoms with Crippen LogP contribution in [0.4, 0.5) is 0 Å². The number of rotatable bonds is 20. The van der Waals surface area contributed by atoms with E-state index in [2.05, 4.69) is 76.2 Å². The first-order valence-corrected chi connectivity index (χ1v) is 17.0. The Morgan fingerprint density at radius 1 is 0.477 bits per heavy atom. The Labute approximate surface area is 266 Å². The summed E-state index contributed by atoms with van der Waals surface area (Å²) in [5.41, 5.74) is 2.42. The van der Waals surface area contributed by atoms with Gasteiger partial charge in [0.1, 0.15) is 13.2 Å². The fraction of sp³-hybridized carbons (Fsp3) is 0.500. The lowest BCUT2D eigenvalue weighted by Gasteiger charge is -2.35. The second-order valence-electron chi connectivity index (χ2n) is 12.4. The summed E-state index contributed by atoms with van der Waals surface area (Å²) in [4.78, 5) is 27.3. The molecule has 4 heteroatoms. The van der Waals surface area contributed by atoms with Crippen LogP contribution in [0.1, 0.15) is 137 Å². The summed E-state index contributed by atoms with van der Waals surface area (Å²) in [6.07, 6.45) is 12.3. The molecule has 3 aromatic rings. The van der Waals surface area contributed by atoms with Crippen molar-refractivity contribution in [3.8, 4) is 0 Å². The molecule has 0 saturated heterocycles. The largest absolute Gasteiger partial charge is 0.461 e. The van der Waals surface area contributed by atoms with Crippen LogP contribution in [0.3, 0.4) is 0 Å². The topological polar surface area (TPSA) is 52.6 Å². The smallest absolute Gasteiger partial charge is 0.339 e. The van der Waals surface area contributed by atoms with Crippen molar-refractivity contribution in [2.75, 3.05) is 13.2 Å². The Kier molecular flexibility index (Phi) is 14.7. The van der Waals surface area contributed by atoms with Crippen molar-refractivity contribution in [3.63, 3.8) is 0 Å². The normalized spacial score (nSPS) is 11.7.